The smallest absolute Gasteiger partial charge is 0.0908 e. The lowest BCUT2D eigenvalue weighted by atomic mass is 10.1. The van der Waals surface area contributed by atoms with E-state index in [1.165, 1.54) is 6.08 Å². The van der Waals surface area contributed by atoms with Gasteiger partial charge in [-0.2, -0.15) is 5.26 Å². The van der Waals surface area contributed by atoms with Crippen molar-refractivity contribution in [1.82, 2.24) is 5.32 Å². The lowest BCUT2D eigenvalue weighted by Gasteiger charge is -2.06. The van der Waals surface area contributed by atoms with E-state index in [4.69, 9.17) is 10.00 Å². The minimum atomic E-state index is 0.404. The first kappa shape index (κ1) is 11.2. The summed E-state index contributed by atoms with van der Waals surface area (Å²) in [6.07, 6.45) is 3.41. The van der Waals surface area contributed by atoms with E-state index < -0.39 is 0 Å². The van der Waals surface area contributed by atoms with Crippen LogP contribution in [0.1, 0.15) is 6.92 Å². The van der Waals surface area contributed by atoms with Crippen LogP contribution in [-0.2, 0) is 4.74 Å². The van der Waals surface area contributed by atoms with Gasteiger partial charge in [0.25, 0.3) is 0 Å². The number of nitrogens with one attached hydrogen (secondary N) is 1. The molecule has 0 aliphatic heterocycles. The average Bonchev–Trinajstić information content (AvgIpc) is 2.09. The Balaban J connectivity index is 3.26. The molecule has 0 radical (unpaired) electrons. The maximum Gasteiger partial charge on any atom is 0.0908 e. The molecule has 0 aromatic rings. The van der Waals surface area contributed by atoms with Crippen LogP contribution >= 0.6 is 0 Å². The zero-order valence-electron chi connectivity index (χ0n) is 7.71. The summed E-state index contributed by atoms with van der Waals surface area (Å²) < 4.78 is 4.87. The number of rotatable bonds is 6. The van der Waals surface area contributed by atoms with Crippen molar-refractivity contribution in [3.8, 4) is 6.07 Å². The Labute approximate surface area is 74.0 Å². The monoisotopic (exact) mass is 168 g/mol. The Bertz CT molecular complexity index is 160. The quantitative estimate of drug-likeness (QED) is 0.474. The predicted octanol–water partition coefficient (Wildman–Crippen LogP) is 0.938. The molecule has 3 nitrogen and oxygen atoms in total. The van der Waals surface area contributed by atoms with Crippen LogP contribution in [0.3, 0.4) is 0 Å². The summed E-state index contributed by atoms with van der Waals surface area (Å²) in [6.45, 7) is 4.55. The summed E-state index contributed by atoms with van der Waals surface area (Å²) >= 11 is 0. The molecule has 0 rings (SSSR count). The molecule has 0 amide bonds. The lowest BCUT2D eigenvalue weighted by Crippen LogP contribution is -2.23. The maximum atomic E-state index is 8.25. The summed E-state index contributed by atoms with van der Waals surface area (Å²) in [5, 5.41) is 11.5. The lowest BCUT2D eigenvalue weighted by molar-refractivity contribution is 0.199. The standard InChI is InChI=1S/C9H16N2O/c1-9(4-3-5-10)8-11-6-7-12-2/h3-4,9,11H,6-8H2,1-2H3. The Kier molecular flexibility index (Phi) is 7.66. The molecule has 1 N–H and O–H groups in total. The fraction of sp³-hybridized carbons (Fsp3) is 0.667. The highest BCUT2D eigenvalue weighted by molar-refractivity contribution is 5.03. The van der Waals surface area contributed by atoms with Gasteiger partial charge in [-0.25, -0.2) is 0 Å². The molecule has 0 saturated carbocycles. The van der Waals surface area contributed by atoms with Crippen LogP contribution in [0, 0.1) is 17.2 Å². The van der Waals surface area contributed by atoms with Crippen LogP contribution in [0.2, 0.25) is 0 Å². The minimum absolute atomic E-state index is 0.404. The number of ether oxygens (including phenoxy) is 1. The topological polar surface area (TPSA) is 45.0 Å². The summed E-state index contributed by atoms with van der Waals surface area (Å²) in [4.78, 5) is 0. The van der Waals surface area contributed by atoms with Gasteiger partial charge in [-0.15, -0.1) is 0 Å². The van der Waals surface area contributed by atoms with Crippen molar-refractivity contribution in [3.05, 3.63) is 12.2 Å². The predicted molar refractivity (Wildman–Crippen MR) is 48.7 cm³/mol. The number of hydrogen-bond acceptors (Lipinski definition) is 3. The Hall–Kier alpha value is -0.850. The van der Waals surface area contributed by atoms with Gasteiger partial charge in [0.05, 0.1) is 12.7 Å². The fourth-order valence-electron chi connectivity index (χ4n) is 0.779. The van der Waals surface area contributed by atoms with Gasteiger partial charge >= 0.3 is 0 Å². The molecule has 3 heteroatoms. The number of methoxy groups -OCH3 is 1. The normalized spacial score (nSPS) is 13.1. The fourth-order valence-corrected chi connectivity index (χ4v) is 0.779. The van der Waals surface area contributed by atoms with Crippen molar-refractivity contribution >= 4 is 0 Å². The Morgan fingerprint density at radius 3 is 3.00 bits per heavy atom. The molecular formula is C9H16N2O. The molecule has 0 aliphatic rings. The Morgan fingerprint density at radius 2 is 2.42 bits per heavy atom. The number of nitrogens with zero attached hydrogens (tertiary/aromatic N) is 1. The van der Waals surface area contributed by atoms with Gasteiger partial charge in [-0.3, -0.25) is 0 Å². The van der Waals surface area contributed by atoms with E-state index >= 15 is 0 Å². The second kappa shape index (κ2) is 8.25. The van der Waals surface area contributed by atoms with Gasteiger partial charge in [0, 0.05) is 26.3 Å². The van der Waals surface area contributed by atoms with Crippen molar-refractivity contribution < 1.29 is 4.74 Å². The van der Waals surface area contributed by atoms with E-state index in [1.54, 1.807) is 7.11 Å². The van der Waals surface area contributed by atoms with E-state index in [-0.39, 0.29) is 0 Å². The first-order valence-electron chi connectivity index (χ1n) is 4.07. The SMILES string of the molecule is COCCNCC(C)C=CC#N. The van der Waals surface area contributed by atoms with E-state index in [0.717, 1.165) is 19.7 Å². The van der Waals surface area contributed by atoms with Crippen molar-refractivity contribution in [2.45, 2.75) is 6.92 Å². The van der Waals surface area contributed by atoms with Crippen LogP contribution in [0.5, 0.6) is 0 Å². The molecule has 0 aromatic heterocycles. The largest absolute Gasteiger partial charge is 0.383 e. The first-order valence-corrected chi connectivity index (χ1v) is 4.07. The van der Waals surface area contributed by atoms with Crippen molar-refractivity contribution in [2.24, 2.45) is 5.92 Å². The molecule has 0 aromatic carbocycles. The highest BCUT2D eigenvalue weighted by Crippen LogP contribution is 1.93. The molecule has 0 heterocycles. The Morgan fingerprint density at radius 1 is 1.67 bits per heavy atom. The molecule has 0 spiro atoms. The molecule has 0 bridgehead atoms. The van der Waals surface area contributed by atoms with E-state index in [2.05, 4.69) is 12.2 Å². The molecule has 0 saturated heterocycles. The van der Waals surface area contributed by atoms with Crippen LogP contribution in [0.15, 0.2) is 12.2 Å². The van der Waals surface area contributed by atoms with Crippen LogP contribution < -0.4 is 5.32 Å². The highest BCUT2D eigenvalue weighted by atomic mass is 16.5. The molecule has 68 valence electrons. The first-order chi connectivity index (χ1) is 5.81. The number of hydrogen-bond donors (Lipinski definition) is 1. The third-order valence-corrected chi connectivity index (χ3v) is 1.45. The third kappa shape index (κ3) is 7.26. The van der Waals surface area contributed by atoms with Gasteiger partial charge in [0.2, 0.25) is 0 Å². The molecule has 12 heavy (non-hydrogen) atoms. The summed E-state index contributed by atoms with van der Waals surface area (Å²) in [5.41, 5.74) is 0. The second-order valence-electron chi connectivity index (χ2n) is 2.66. The molecule has 0 aliphatic carbocycles. The van der Waals surface area contributed by atoms with Gasteiger partial charge in [-0.05, 0) is 5.92 Å². The van der Waals surface area contributed by atoms with Gasteiger partial charge < -0.3 is 10.1 Å². The summed E-state index contributed by atoms with van der Waals surface area (Å²) in [7, 11) is 1.68. The van der Waals surface area contributed by atoms with Gasteiger partial charge in [0.1, 0.15) is 0 Å². The van der Waals surface area contributed by atoms with E-state index in [0.29, 0.717) is 5.92 Å². The van der Waals surface area contributed by atoms with Gasteiger partial charge in [0.15, 0.2) is 0 Å². The summed E-state index contributed by atoms with van der Waals surface area (Å²) in [5.74, 6) is 0.404. The zero-order chi connectivity index (χ0) is 9.23. The number of allylic oxidation sites excluding steroid dienone is 1. The summed E-state index contributed by atoms with van der Waals surface area (Å²) in [6, 6.07) is 1.97. The molecular weight excluding hydrogens is 152 g/mol. The minimum Gasteiger partial charge on any atom is -0.383 e. The van der Waals surface area contributed by atoms with E-state index in [1.807, 2.05) is 12.1 Å². The third-order valence-electron chi connectivity index (χ3n) is 1.45. The molecule has 1 atom stereocenters. The second-order valence-corrected chi connectivity index (χ2v) is 2.66. The maximum absolute atomic E-state index is 8.25. The van der Waals surface area contributed by atoms with Crippen molar-refractivity contribution in [1.29, 1.82) is 5.26 Å². The number of nitriles is 1. The van der Waals surface area contributed by atoms with Gasteiger partial charge in [-0.1, -0.05) is 13.0 Å². The molecule has 1 unspecified atom stereocenters. The van der Waals surface area contributed by atoms with Crippen molar-refractivity contribution in [2.75, 3.05) is 26.8 Å². The van der Waals surface area contributed by atoms with Crippen LogP contribution in [0.25, 0.3) is 0 Å². The highest BCUT2D eigenvalue weighted by Gasteiger charge is 1.94. The van der Waals surface area contributed by atoms with Crippen molar-refractivity contribution in [3.63, 3.8) is 0 Å². The average molecular weight is 168 g/mol. The van der Waals surface area contributed by atoms with E-state index in [9.17, 15) is 0 Å². The van der Waals surface area contributed by atoms with Crippen LogP contribution in [-0.4, -0.2) is 26.8 Å². The van der Waals surface area contributed by atoms with Crippen LogP contribution in [0.4, 0.5) is 0 Å². The molecule has 0 fully saturated rings. The zero-order valence-corrected chi connectivity index (χ0v) is 7.71.